The van der Waals surface area contributed by atoms with Crippen LogP contribution in [0.15, 0.2) is 27.5 Å². The van der Waals surface area contributed by atoms with E-state index in [2.05, 4.69) is 10.2 Å². The predicted octanol–water partition coefficient (Wildman–Crippen LogP) is 1.44. The number of aromatic nitrogens is 2. The summed E-state index contributed by atoms with van der Waals surface area (Å²) >= 11 is 0. The highest BCUT2D eigenvalue weighted by Gasteiger charge is 2.24. The van der Waals surface area contributed by atoms with Crippen molar-refractivity contribution in [1.29, 1.82) is 0 Å². The molecule has 0 aliphatic heterocycles. The third-order valence-electron chi connectivity index (χ3n) is 2.64. The molecule has 1 aromatic heterocycles. The average molecular weight is 314 g/mol. The molecule has 0 radical (unpaired) electrons. The number of nitrogens with zero attached hydrogens (tertiary/aromatic N) is 2. The molecule has 0 aliphatic carbocycles. The van der Waals surface area contributed by atoms with Crippen LogP contribution in [0.4, 0.5) is 4.39 Å². The maximum atomic E-state index is 13.8. The molecular formula is C12H11FN2O5S. The van der Waals surface area contributed by atoms with Crippen molar-refractivity contribution in [1.82, 2.24) is 10.2 Å². The van der Waals surface area contributed by atoms with E-state index in [9.17, 15) is 17.6 Å². The van der Waals surface area contributed by atoms with Crippen LogP contribution in [0.25, 0.3) is 0 Å². The molecule has 0 unspecified atom stereocenters. The van der Waals surface area contributed by atoms with Gasteiger partial charge in [0.1, 0.15) is 16.5 Å². The SMILES string of the molecule is CCc1nnc(CS(=O)(=O)c2ccc(C(=O)O)cc2F)o1. The molecule has 112 valence electrons. The molecule has 0 atom stereocenters. The standard InChI is InChI=1S/C12H11FN2O5S/c1-2-10-14-15-11(20-10)6-21(18,19)9-4-3-7(12(16)17)5-8(9)13/h3-5H,2,6H2,1H3,(H,16,17). The van der Waals surface area contributed by atoms with Crippen molar-refractivity contribution in [2.45, 2.75) is 24.0 Å². The van der Waals surface area contributed by atoms with Crippen molar-refractivity contribution < 1.29 is 27.1 Å². The lowest BCUT2D eigenvalue weighted by atomic mass is 10.2. The Balaban J connectivity index is 2.33. The van der Waals surface area contributed by atoms with Crippen LogP contribution < -0.4 is 0 Å². The molecule has 1 heterocycles. The Morgan fingerprint density at radius 3 is 2.52 bits per heavy atom. The number of rotatable bonds is 5. The number of carboxylic acids is 1. The van der Waals surface area contributed by atoms with E-state index in [1.54, 1.807) is 6.92 Å². The first kappa shape index (κ1) is 15.1. The van der Waals surface area contributed by atoms with E-state index >= 15 is 0 Å². The highest BCUT2D eigenvalue weighted by molar-refractivity contribution is 7.90. The zero-order chi connectivity index (χ0) is 15.6. The molecule has 0 spiro atoms. The van der Waals surface area contributed by atoms with Crippen molar-refractivity contribution >= 4 is 15.8 Å². The first-order valence-corrected chi connectivity index (χ1v) is 7.55. The van der Waals surface area contributed by atoms with Crippen molar-refractivity contribution in [3.8, 4) is 0 Å². The van der Waals surface area contributed by atoms with Gasteiger partial charge in [-0.05, 0) is 18.2 Å². The lowest BCUT2D eigenvalue weighted by Gasteiger charge is -2.04. The van der Waals surface area contributed by atoms with Gasteiger partial charge in [-0.3, -0.25) is 0 Å². The number of aromatic carboxylic acids is 1. The number of hydrogen-bond acceptors (Lipinski definition) is 6. The molecule has 2 aromatic rings. The number of carbonyl (C=O) groups is 1. The summed E-state index contributed by atoms with van der Waals surface area (Å²) in [6.45, 7) is 1.76. The Morgan fingerprint density at radius 2 is 2.00 bits per heavy atom. The second-order valence-corrected chi connectivity index (χ2v) is 6.11. The van der Waals surface area contributed by atoms with Crippen molar-refractivity contribution in [2.24, 2.45) is 0 Å². The topological polar surface area (TPSA) is 110 Å². The van der Waals surface area contributed by atoms with Gasteiger partial charge in [-0.15, -0.1) is 10.2 Å². The van der Waals surface area contributed by atoms with E-state index in [1.165, 1.54) is 0 Å². The summed E-state index contributed by atoms with van der Waals surface area (Å²) in [5, 5.41) is 15.9. The Hall–Kier alpha value is -2.29. The number of sulfone groups is 1. The fraction of sp³-hybridized carbons (Fsp3) is 0.250. The zero-order valence-electron chi connectivity index (χ0n) is 10.9. The molecule has 1 N–H and O–H groups in total. The van der Waals surface area contributed by atoms with E-state index in [0.29, 0.717) is 12.5 Å². The monoisotopic (exact) mass is 314 g/mol. The van der Waals surface area contributed by atoms with Crippen LogP contribution in [0.3, 0.4) is 0 Å². The van der Waals surface area contributed by atoms with Gasteiger partial charge in [0.15, 0.2) is 9.84 Å². The molecule has 1 aromatic carbocycles. The van der Waals surface area contributed by atoms with Crippen LogP contribution in [-0.2, 0) is 22.0 Å². The minimum absolute atomic E-state index is 0.145. The third-order valence-corrected chi connectivity index (χ3v) is 4.27. The van der Waals surface area contributed by atoms with E-state index in [0.717, 1.165) is 12.1 Å². The normalized spacial score (nSPS) is 11.5. The smallest absolute Gasteiger partial charge is 0.335 e. The van der Waals surface area contributed by atoms with Crippen LogP contribution in [0.2, 0.25) is 0 Å². The molecule has 9 heteroatoms. The van der Waals surface area contributed by atoms with Crippen molar-refractivity contribution in [3.63, 3.8) is 0 Å². The summed E-state index contributed by atoms with van der Waals surface area (Å²) in [7, 11) is -4.05. The van der Waals surface area contributed by atoms with E-state index in [1.807, 2.05) is 0 Å². The van der Waals surface area contributed by atoms with Crippen LogP contribution in [0.1, 0.15) is 29.1 Å². The highest BCUT2D eigenvalue weighted by Crippen LogP contribution is 2.20. The Morgan fingerprint density at radius 1 is 1.33 bits per heavy atom. The molecule has 0 saturated heterocycles. The number of hydrogen-bond donors (Lipinski definition) is 1. The quantitative estimate of drug-likeness (QED) is 0.889. The average Bonchev–Trinajstić information content (AvgIpc) is 2.85. The maximum Gasteiger partial charge on any atom is 0.335 e. The largest absolute Gasteiger partial charge is 0.478 e. The van der Waals surface area contributed by atoms with E-state index in [4.69, 9.17) is 9.52 Å². The Kier molecular flexibility index (Phi) is 4.03. The first-order valence-electron chi connectivity index (χ1n) is 5.90. The van der Waals surface area contributed by atoms with Crippen LogP contribution in [-0.4, -0.2) is 29.7 Å². The van der Waals surface area contributed by atoms with Crippen molar-refractivity contribution in [2.75, 3.05) is 0 Å². The van der Waals surface area contributed by atoms with Gasteiger partial charge in [0.2, 0.25) is 11.8 Å². The number of carboxylic acid groups (broad SMARTS) is 1. The van der Waals surface area contributed by atoms with Gasteiger partial charge in [-0.1, -0.05) is 6.92 Å². The predicted molar refractivity (Wildman–Crippen MR) is 67.9 cm³/mol. The molecule has 21 heavy (non-hydrogen) atoms. The summed E-state index contributed by atoms with van der Waals surface area (Å²) in [4.78, 5) is 10.1. The lowest BCUT2D eigenvalue weighted by molar-refractivity contribution is 0.0696. The molecule has 0 saturated carbocycles. The van der Waals surface area contributed by atoms with Crippen LogP contribution in [0, 0.1) is 5.82 Å². The summed E-state index contributed by atoms with van der Waals surface area (Å²) in [5.74, 6) is -2.99. The van der Waals surface area contributed by atoms with Gasteiger partial charge in [-0.2, -0.15) is 0 Å². The highest BCUT2D eigenvalue weighted by atomic mass is 32.2. The van der Waals surface area contributed by atoms with Gasteiger partial charge < -0.3 is 9.52 Å². The number of halogens is 1. The zero-order valence-corrected chi connectivity index (χ0v) is 11.7. The fourth-order valence-corrected chi connectivity index (χ4v) is 2.84. The molecule has 2 rings (SSSR count). The molecule has 0 fully saturated rings. The summed E-state index contributed by atoms with van der Waals surface area (Å²) < 4.78 is 43.0. The van der Waals surface area contributed by atoms with Crippen molar-refractivity contribution in [3.05, 3.63) is 41.4 Å². The fourth-order valence-electron chi connectivity index (χ4n) is 1.62. The second-order valence-electron chi connectivity index (χ2n) is 4.15. The Bertz CT molecular complexity index is 785. The second kappa shape index (κ2) is 5.60. The van der Waals surface area contributed by atoms with Crippen LogP contribution >= 0.6 is 0 Å². The minimum Gasteiger partial charge on any atom is -0.478 e. The molecule has 0 bridgehead atoms. The first-order chi connectivity index (χ1) is 9.83. The van der Waals surface area contributed by atoms with Gasteiger partial charge in [0, 0.05) is 6.42 Å². The molecule has 0 amide bonds. The number of aryl methyl sites for hydroxylation is 1. The summed E-state index contributed by atoms with van der Waals surface area (Å²) in [6, 6.07) is 2.58. The van der Waals surface area contributed by atoms with E-state index in [-0.39, 0.29) is 17.3 Å². The molecule has 7 nitrogen and oxygen atoms in total. The molecule has 0 aliphatic rings. The number of benzene rings is 1. The van der Waals surface area contributed by atoms with Gasteiger partial charge in [0.05, 0.1) is 5.56 Å². The Labute approximate surface area is 119 Å². The van der Waals surface area contributed by atoms with Gasteiger partial charge in [0.25, 0.3) is 0 Å². The summed E-state index contributed by atoms with van der Waals surface area (Å²) in [5.41, 5.74) is -0.336. The van der Waals surface area contributed by atoms with Gasteiger partial charge in [-0.25, -0.2) is 17.6 Å². The summed E-state index contributed by atoms with van der Waals surface area (Å²) in [6.07, 6.45) is 0.453. The van der Waals surface area contributed by atoms with Gasteiger partial charge >= 0.3 is 5.97 Å². The lowest BCUT2D eigenvalue weighted by Crippen LogP contribution is -2.09. The van der Waals surface area contributed by atoms with Crippen LogP contribution in [0.5, 0.6) is 0 Å². The molecular weight excluding hydrogens is 303 g/mol. The maximum absolute atomic E-state index is 13.8. The minimum atomic E-state index is -4.05. The van der Waals surface area contributed by atoms with E-state index < -0.39 is 32.3 Å². The third kappa shape index (κ3) is 3.24.